The molecule has 0 spiro atoms. The van der Waals surface area contributed by atoms with Crippen molar-refractivity contribution >= 4 is 6.08 Å². The lowest BCUT2D eigenvalue weighted by atomic mass is 10.0. The van der Waals surface area contributed by atoms with Crippen molar-refractivity contribution < 1.29 is 0 Å². The van der Waals surface area contributed by atoms with Gasteiger partial charge in [-0.05, 0) is 18.1 Å². The Bertz CT molecular complexity index is 271. The Balaban J connectivity index is 2.59. The zero-order valence-corrected chi connectivity index (χ0v) is 5.75. The molecule has 0 heterocycles. The summed E-state index contributed by atoms with van der Waals surface area (Å²) in [6.07, 6.45) is 4.26. The summed E-state index contributed by atoms with van der Waals surface area (Å²) in [7, 11) is 0. The van der Waals surface area contributed by atoms with E-state index in [1.807, 2.05) is 0 Å². The Morgan fingerprint density at radius 3 is 2.80 bits per heavy atom. The topological polar surface area (TPSA) is 0 Å². The van der Waals surface area contributed by atoms with E-state index >= 15 is 0 Å². The van der Waals surface area contributed by atoms with E-state index < -0.39 is 0 Å². The third kappa shape index (κ3) is 0.688. The van der Waals surface area contributed by atoms with Crippen LogP contribution in [0.4, 0.5) is 0 Å². The molecule has 0 heteroatoms. The SMILES string of the molecule is [CH2]C1C=Cc2ccccc21. The van der Waals surface area contributed by atoms with Crippen molar-refractivity contribution in [2.45, 2.75) is 5.92 Å². The zero-order valence-electron chi connectivity index (χ0n) is 5.75. The van der Waals surface area contributed by atoms with E-state index in [1.54, 1.807) is 0 Å². The molecule has 1 unspecified atom stereocenters. The lowest BCUT2D eigenvalue weighted by Crippen LogP contribution is -1.84. The van der Waals surface area contributed by atoms with Crippen molar-refractivity contribution in [3.63, 3.8) is 0 Å². The van der Waals surface area contributed by atoms with Crippen molar-refractivity contribution in [2.24, 2.45) is 0 Å². The van der Waals surface area contributed by atoms with Crippen molar-refractivity contribution in [2.75, 3.05) is 0 Å². The van der Waals surface area contributed by atoms with Gasteiger partial charge in [0.2, 0.25) is 0 Å². The van der Waals surface area contributed by atoms with Gasteiger partial charge < -0.3 is 0 Å². The molecule has 1 aliphatic carbocycles. The van der Waals surface area contributed by atoms with Gasteiger partial charge in [-0.1, -0.05) is 36.4 Å². The van der Waals surface area contributed by atoms with Crippen LogP contribution >= 0.6 is 0 Å². The minimum atomic E-state index is 0.371. The highest BCUT2D eigenvalue weighted by Gasteiger charge is 2.10. The molecule has 0 N–H and O–H groups in total. The first-order valence-electron chi connectivity index (χ1n) is 3.48. The second-order valence-electron chi connectivity index (χ2n) is 2.59. The Morgan fingerprint density at radius 1 is 1.20 bits per heavy atom. The van der Waals surface area contributed by atoms with Crippen LogP contribution in [0.1, 0.15) is 17.0 Å². The van der Waals surface area contributed by atoms with Crippen LogP contribution in [0.15, 0.2) is 30.3 Å². The predicted octanol–water partition coefficient (Wildman–Crippen LogP) is 2.63. The van der Waals surface area contributed by atoms with E-state index in [2.05, 4.69) is 43.3 Å². The summed E-state index contributed by atoms with van der Waals surface area (Å²) in [6.45, 7) is 3.99. The van der Waals surface area contributed by atoms with Crippen molar-refractivity contribution in [3.8, 4) is 0 Å². The standard InChI is InChI=1S/C10H9/c1-8-6-7-9-4-2-3-5-10(8)9/h2-8H,1H2. The smallest absolute Gasteiger partial charge is 0.00275 e. The first-order chi connectivity index (χ1) is 4.88. The molecule has 1 aromatic rings. The third-order valence-corrected chi connectivity index (χ3v) is 1.90. The number of rotatable bonds is 0. The molecule has 10 heavy (non-hydrogen) atoms. The fraction of sp³-hybridized carbons (Fsp3) is 0.100. The molecule has 0 saturated heterocycles. The summed E-state index contributed by atoms with van der Waals surface area (Å²) in [5, 5.41) is 0. The number of allylic oxidation sites excluding steroid dienone is 1. The van der Waals surface area contributed by atoms with Gasteiger partial charge in [0.25, 0.3) is 0 Å². The normalized spacial score (nSPS) is 21.1. The first kappa shape index (κ1) is 5.72. The Morgan fingerprint density at radius 2 is 2.00 bits per heavy atom. The minimum absolute atomic E-state index is 0.371. The van der Waals surface area contributed by atoms with Crippen molar-refractivity contribution in [1.82, 2.24) is 0 Å². The maximum atomic E-state index is 3.99. The van der Waals surface area contributed by atoms with Crippen LogP contribution in [0, 0.1) is 6.92 Å². The molecule has 0 aliphatic heterocycles. The maximum absolute atomic E-state index is 3.99. The molecule has 0 amide bonds. The summed E-state index contributed by atoms with van der Waals surface area (Å²) < 4.78 is 0. The van der Waals surface area contributed by atoms with Crippen molar-refractivity contribution in [1.29, 1.82) is 0 Å². The predicted molar refractivity (Wildman–Crippen MR) is 43.6 cm³/mol. The summed E-state index contributed by atoms with van der Waals surface area (Å²) >= 11 is 0. The molecular weight excluding hydrogens is 120 g/mol. The second kappa shape index (κ2) is 1.98. The molecule has 2 rings (SSSR count). The average Bonchev–Trinajstić information content (AvgIpc) is 2.34. The molecule has 0 nitrogen and oxygen atoms in total. The van der Waals surface area contributed by atoms with Crippen LogP contribution in [-0.4, -0.2) is 0 Å². The van der Waals surface area contributed by atoms with Crippen LogP contribution in [0.5, 0.6) is 0 Å². The van der Waals surface area contributed by atoms with Crippen LogP contribution in [0.2, 0.25) is 0 Å². The summed E-state index contributed by atoms with van der Waals surface area (Å²) in [4.78, 5) is 0. The fourth-order valence-electron chi connectivity index (χ4n) is 1.32. The van der Waals surface area contributed by atoms with Crippen LogP contribution in [-0.2, 0) is 0 Å². The van der Waals surface area contributed by atoms with Gasteiger partial charge in [0.05, 0.1) is 0 Å². The van der Waals surface area contributed by atoms with E-state index in [1.165, 1.54) is 11.1 Å². The monoisotopic (exact) mass is 129 g/mol. The largest absolute Gasteiger partial charge is 0.0764 e. The van der Waals surface area contributed by atoms with Gasteiger partial charge in [-0.25, -0.2) is 0 Å². The average molecular weight is 129 g/mol. The van der Waals surface area contributed by atoms with Crippen LogP contribution in [0.25, 0.3) is 6.08 Å². The molecule has 49 valence electrons. The van der Waals surface area contributed by atoms with Gasteiger partial charge in [-0.15, -0.1) is 0 Å². The molecule has 0 saturated carbocycles. The number of benzene rings is 1. The van der Waals surface area contributed by atoms with Crippen LogP contribution < -0.4 is 0 Å². The molecule has 1 radical (unpaired) electrons. The molecular formula is C10H9. The zero-order chi connectivity index (χ0) is 6.97. The Hall–Kier alpha value is -1.04. The maximum Gasteiger partial charge on any atom is 0.00275 e. The first-order valence-corrected chi connectivity index (χ1v) is 3.48. The number of hydrogen-bond acceptors (Lipinski definition) is 0. The van der Waals surface area contributed by atoms with E-state index in [0.717, 1.165) is 0 Å². The van der Waals surface area contributed by atoms with Gasteiger partial charge in [0.15, 0.2) is 0 Å². The lowest BCUT2D eigenvalue weighted by Gasteiger charge is -2.01. The highest BCUT2D eigenvalue weighted by Crippen LogP contribution is 2.28. The van der Waals surface area contributed by atoms with E-state index in [0.29, 0.717) is 5.92 Å². The quantitative estimate of drug-likeness (QED) is 0.505. The van der Waals surface area contributed by atoms with Crippen molar-refractivity contribution in [3.05, 3.63) is 48.4 Å². The molecule has 1 aromatic carbocycles. The van der Waals surface area contributed by atoms with E-state index in [4.69, 9.17) is 0 Å². The van der Waals surface area contributed by atoms with Gasteiger partial charge in [0.1, 0.15) is 0 Å². The Labute approximate surface area is 61.2 Å². The summed E-state index contributed by atoms with van der Waals surface area (Å²) in [5.41, 5.74) is 2.67. The molecule has 0 aromatic heterocycles. The number of hydrogen-bond donors (Lipinski definition) is 0. The minimum Gasteiger partial charge on any atom is -0.0764 e. The highest BCUT2D eigenvalue weighted by molar-refractivity contribution is 5.62. The summed E-state index contributed by atoms with van der Waals surface area (Å²) in [6, 6.07) is 8.37. The molecule has 1 atom stereocenters. The Kier molecular flexibility index (Phi) is 1.13. The lowest BCUT2D eigenvalue weighted by molar-refractivity contribution is 1.11. The van der Waals surface area contributed by atoms with Gasteiger partial charge in [0, 0.05) is 5.92 Å². The van der Waals surface area contributed by atoms with Gasteiger partial charge >= 0.3 is 0 Å². The third-order valence-electron chi connectivity index (χ3n) is 1.90. The van der Waals surface area contributed by atoms with Crippen LogP contribution in [0.3, 0.4) is 0 Å². The van der Waals surface area contributed by atoms with E-state index in [-0.39, 0.29) is 0 Å². The molecule has 0 bridgehead atoms. The number of fused-ring (bicyclic) bond motifs is 1. The van der Waals surface area contributed by atoms with Gasteiger partial charge in [-0.2, -0.15) is 0 Å². The highest BCUT2D eigenvalue weighted by atomic mass is 14.1. The fourth-order valence-corrected chi connectivity index (χ4v) is 1.32. The second-order valence-corrected chi connectivity index (χ2v) is 2.59. The summed E-state index contributed by atoms with van der Waals surface area (Å²) in [5.74, 6) is 0.371. The van der Waals surface area contributed by atoms with E-state index in [9.17, 15) is 0 Å². The van der Waals surface area contributed by atoms with Gasteiger partial charge in [-0.3, -0.25) is 0 Å². The molecule has 1 aliphatic rings. The molecule has 0 fully saturated rings.